The number of nitrogens with two attached hydrogens (primary N) is 1. The highest BCUT2D eigenvalue weighted by molar-refractivity contribution is 6.02. The number of fused-ring (bicyclic) bond motifs is 1. The van der Waals surface area contributed by atoms with E-state index in [4.69, 9.17) is 15.2 Å². The van der Waals surface area contributed by atoms with Crippen molar-refractivity contribution in [2.45, 2.75) is 0 Å². The van der Waals surface area contributed by atoms with Gasteiger partial charge in [-0.1, -0.05) is 12.1 Å². The van der Waals surface area contributed by atoms with Gasteiger partial charge in [-0.05, 0) is 30.3 Å². The Kier molecular flexibility index (Phi) is 3.93. The number of methoxy groups -OCH3 is 1. The van der Waals surface area contributed by atoms with Crippen molar-refractivity contribution < 1.29 is 14.3 Å². The minimum atomic E-state index is -0.0791. The first-order chi connectivity index (χ1) is 11.1. The van der Waals surface area contributed by atoms with Crippen molar-refractivity contribution in [3.05, 3.63) is 54.1 Å². The zero-order valence-electron chi connectivity index (χ0n) is 13.1. The zero-order chi connectivity index (χ0) is 16.4. The van der Waals surface area contributed by atoms with Crippen LogP contribution in [-0.2, 0) is 4.79 Å². The van der Waals surface area contributed by atoms with Gasteiger partial charge in [-0.3, -0.25) is 4.79 Å². The quantitative estimate of drug-likeness (QED) is 0.883. The predicted molar refractivity (Wildman–Crippen MR) is 90.7 cm³/mol. The van der Waals surface area contributed by atoms with Crippen LogP contribution in [0, 0.1) is 0 Å². The van der Waals surface area contributed by atoms with Crippen LogP contribution in [0.25, 0.3) is 5.70 Å². The second-order valence-corrected chi connectivity index (χ2v) is 5.27. The van der Waals surface area contributed by atoms with Crippen LogP contribution in [0.15, 0.2) is 48.5 Å². The van der Waals surface area contributed by atoms with Gasteiger partial charge in [0.05, 0.1) is 18.5 Å². The van der Waals surface area contributed by atoms with Gasteiger partial charge < -0.3 is 20.1 Å². The maximum atomic E-state index is 12.0. The number of para-hydroxylation sites is 1. The lowest BCUT2D eigenvalue weighted by Gasteiger charge is -2.24. The zero-order valence-corrected chi connectivity index (χ0v) is 13.1. The molecule has 5 heteroatoms. The average Bonchev–Trinajstić information content (AvgIpc) is 2.73. The molecule has 2 N–H and O–H groups in total. The number of carbonyl (C=O) groups is 1. The molecule has 0 aliphatic carbocycles. The molecule has 118 valence electrons. The molecule has 1 aliphatic heterocycles. The van der Waals surface area contributed by atoms with Crippen LogP contribution in [0.5, 0.6) is 11.5 Å². The normalized spacial score (nSPS) is 13.5. The Morgan fingerprint density at radius 1 is 1.22 bits per heavy atom. The maximum Gasteiger partial charge on any atom is 0.195 e. The summed E-state index contributed by atoms with van der Waals surface area (Å²) >= 11 is 0. The van der Waals surface area contributed by atoms with Crippen molar-refractivity contribution in [1.29, 1.82) is 0 Å². The van der Waals surface area contributed by atoms with E-state index in [1.807, 2.05) is 54.4 Å². The van der Waals surface area contributed by atoms with Gasteiger partial charge in [-0.2, -0.15) is 0 Å². The summed E-state index contributed by atoms with van der Waals surface area (Å²) in [6.45, 7) is 0.0408. The fraction of sp³-hybridized carbons (Fsp3) is 0.167. The van der Waals surface area contributed by atoms with E-state index in [9.17, 15) is 4.79 Å². The number of anilines is 2. The van der Waals surface area contributed by atoms with Crippen molar-refractivity contribution in [3.8, 4) is 11.5 Å². The van der Waals surface area contributed by atoms with E-state index >= 15 is 0 Å². The number of nitrogen functional groups attached to an aromatic ring is 1. The Balaban J connectivity index is 2.05. The molecule has 1 heterocycles. The van der Waals surface area contributed by atoms with Crippen LogP contribution < -0.4 is 20.1 Å². The van der Waals surface area contributed by atoms with Crippen LogP contribution in [0.3, 0.4) is 0 Å². The summed E-state index contributed by atoms with van der Waals surface area (Å²) in [7, 11) is 3.47. The van der Waals surface area contributed by atoms with Gasteiger partial charge >= 0.3 is 0 Å². The molecule has 0 radical (unpaired) electrons. The number of ketones is 1. The van der Waals surface area contributed by atoms with Gasteiger partial charge in [-0.15, -0.1) is 0 Å². The van der Waals surface area contributed by atoms with Gasteiger partial charge in [0.1, 0.15) is 11.5 Å². The first kappa shape index (κ1) is 15.0. The minimum absolute atomic E-state index is 0.0408. The highest BCUT2D eigenvalue weighted by Crippen LogP contribution is 2.34. The molecule has 0 bridgehead atoms. The molecule has 5 nitrogen and oxygen atoms in total. The molecule has 0 spiro atoms. The summed E-state index contributed by atoms with van der Waals surface area (Å²) in [5.74, 6) is 1.24. The molecule has 0 atom stereocenters. The van der Waals surface area contributed by atoms with E-state index in [0.717, 1.165) is 16.9 Å². The summed E-state index contributed by atoms with van der Waals surface area (Å²) in [5, 5.41) is 0. The SMILES string of the molecule is COc1ccc(N(C)C2=CC(=O)COc3ccccc32)cc1N. The predicted octanol–water partition coefficient (Wildman–Crippen LogP) is 2.72. The Hall–Kier alpha value is -2.95. The molecular formula is C18H18N2O3. The Bertz CT molecular complexity index is 784. The number of hydrogen-bond donors (Lipinski definition) is 1. The van der Waals surface area contributed by atoms with Crippen LogP contribution in [0.4, 0.5) is 11.4 Å². The van der Waals surface area contributed by atoms with E-state index in [-0.39, 0.29) is 12.4 Å². The third-order valence-electron chi connectivity index (χ3n) is 3.79. The third-order valence-corrected chi connectivity index (χ3v) is 3.79. The lowest BCUT2D eigenvalue weighted by molar-refractivity contribution is -0.116. The summed E-state index contributed by atoms with van der Waals surface area (Å²) in [5.41, 5.74) is 9.03. The van der Waals surface area contributed by atoms with Crippen molar-refractivity contribution >= 4 is 22.9 Å². The first-order valence-corrected chi connectivity index (χ1v) is 7.24. The monoisotopic (exact) mass is 310 g/mol. The van der Waals surface area contributed by atoms with Crippen LogP contribution in [-0.4, -0.2) is 26.5 Å². The van der Waals surface area contributed by atoms with Crippen LogP contribution in [0.2, 0.25) is 0 Å². The fourth-order valence-electron chi connectivity index (χ4n) is 2.57. The second-order valence-electron chi connectivity index (χ2n) is 5.27. The van der Waals surface area contributed by atoms with Crippen molar-refractivity contribution in [1.82, 2.24) is 0 Å². The first-order valence-electron chi connectivity index (χ1n) is 7.24. The summed E-state index contributed by atoms with van der Waals surface area (Å²) in [6, 6.07) is 13.1. The molecule has 0 fully saturated rings. The molecule has 2 aromatic rings. The second kappa shape index (κ2) is 6.04. The van der Waals surface area contributed by atoms with Crippen LogP contribution in [0.1, 0.15) is 5.56 Å². The Labute approximate surface area is 134 Å². The molecule has 0 aromatic heterocycles. The van der Waals surface area contributed by atoms with E-state index < -0.39 is 0 Å². The number of hydrogen-bond acceptors (Lipinski definition) is 5. The van der Waals surface area contributed by atoms with E-state index in [1.54, 1.807) is 13.2 Å². The van der Waals surface area contributed by atoms with Gasteiger partial charge in [0.2, 0.25) is 0 Å². The molecule has 2 aromatic carbocycles. The number of benzene rings is 2. The lowest BCUT2D eigenvalue weighted by atomic mass is 10.1. The standard InChI is InChI=1S/C18H18N2O3/c1-20(12-7-8-18(22-2)15(19)9-12)16-10-13(21)11-23-17-6-4-3-5-14(16)17/h3-10H,11,19H2,1-2H3. The maximum absolute atomic E-state index is 12.0. The van der Waals surface area contributed by atoms with E-state index in [2.05, 4.69) is 0 Å². The van der Waals surface area contributed by atoms with E-state index in [0.29, 0.717) is 17.2 Å². The summed E-state index contributed by atoms with van der Waals surface area (Å²) < 4.78 is 10.8. The van der Waals surface area contributed by atoms with Gasteiger partial charge in [0, 0.05) is 24.4 Å². The fourth-order valence-corrected chi connectivity index (χ4v) is 2.57. The van der Waals surface area contributed by atoms with Crippen molar-refractivity contribution in [3.63, 3.8) is 0 Å². The lowest BCUT2D eigenvalue weighted by Crippen LogP contribution is -2.16. The largest absolute Gasteiger partial charge is 0.495 e. The summed E-state index contributed by atoms with van der Waals surface area (Å²) in [4.78, 5) is 13.9. The van der Waals surface area contributed by atoms with E-state index in [1.165, 1.54) is 0 Å². The highest BCUT2D eigenvalue weighted by Gasteiger charge is 2.20. The smallest absolute Gasteiger partial charge is 0.195 e. The molecule has 0 amide bonds. The number of rotatable bonds is 3. The Morgan fingerprint density at radius 3 is 2.74 bits per heavy atom. The topological polar surface area (TPSA) is 64.8 Å². The van der Waals surface area contributed by atoms with Crippen LogP contribution >= 0.6 is 0 Å². The number of carbonyl (C=O) groups excluding carboxylic acids is 1. The highest BCUT2D eigenvalue weighted by atomic mass is 16.5. The molecule has 0 saturated carbocycles. The average molecular weight is 310 g/mol. The molecule has 0 unspecified atom stereocenters. The number of ether oxygens (including phenoxy) is 2. The molecular weight excluding hydrogens is 292 g/mol. The minimum Gasteiger partial charge on any atom is -0.495 e. The molecule has 1 aliphatic rings. The Morgan fingerprint density at radius 2 is 2.00 bits per heavy atom. The molecule has 0 saturated heterocycles. The summed E-state index contributed by atoms with van der Waals surface area (Å²) in [6.07, 6.45) is 1.60. The van der Waals surface area contributed by atoms with Gasteiger partial charge in [0.15, 0.2) is 12.4 Å². The van der Waals surface area contributed by atoms with Gasteiger partial charge in [0.25, 0.3) is 0 Å². The number of nitrogens with zero attached hydrogens (tertiary/aromatic N) is 1. The van der Waals surface area contributed by atoms with Crippen molar-refractivity contribution in [2.75, 3.05) is 31.4 Å². The van der Waals surface area contributed by atoms with Gasteiger partial charge in [-0.25, -0.2) is 0 Å². The third kappa shape index (κ3) is 2.85. The molecule has 23 heavy (non-hydrogen) atoms. The van der Waals surface area contributed by atoms with Crippen molar-refractivity contribution in [2.24, 2.45) is 0 Å². The molecule has 3 rings (SSSR count).